The maximum Gasteiger partial charge on any atom is 0.235 e. The second-order valence-corrected chi connectivity index (χ2v) is 12.1. The predicted octanol–water partition coefficient (Wildman–Crippen LogP) is 2.39. The van der Waals surface area contributed by atoms with Crippen LogP contribution in [-0.2, 0) is 21.1 Å². The van der Waals surface area contributed by atoms with Gasteiger partial charge in [-0.25, -0.2) is 8.42 Å². The number of thiophene rings is 1. The van der Waals surface area contributed by atoms with E-state index >= 15 is 0 Å². The summed E-state index contributed by atoms with van der Waals surface area (Å²) in [6.07, 6.45) is 3.51. The summed E-state index contributed by atoms with van der Waals surface area (Å²) in [4.78, 5) is 15.7. The van der Waals surface area contributed by atoms with Crippen molar-refractivity contribution in [3.05, 3.63) is 28.2 Å². The second-order valence-electron chi connectivity index (χ2n) is 7.52. The molecule has 2 aromatic heterocycles. The van der Waals surface area contributed by atoms with E-state index in [0.29, 0.717) is 12.5 Å². The molecule has 2 aromatic rings. The van der Waals surface area contributed by atoms with E-state index in [2.05, 4.69) is 26.2 Å². The van der Waals surface area contributed by atoms with Crippen LogP contribution in [0, 0.1) is 0 Å². The van der Waals surface area contributed by atoms with Gasteiger partial charge in [-0.15, -0.1) is 21.5 Å². The Hall–Kier alpha value is -1.39. The molecule has 4 rings (SSSR count). The number of aromatic nitrogens is 3. The minimum atomic E-state index is -3.02. The molecule has 152 valence electrons. The van der Waals surface area contributed by atoms with Crippen molar-refractivity contribution in [3.8, 4) is 0 Å². The van der Waals surface area contributed by atoms with Gasteiger partial charge in [-0.1, -0.05) is 17.8 Å². The van der Waals surface area contributed by atoms with Crippen molar-refractivity contribution in [1.29, 1.82) is 0 Å². The number of sulfone groups is 1. The van der Waals surface area contributed by atoms with Crippen molar-refractivity contribution in [2.45, 2.75) is 55.1 Å². The molecule has 0 radical (unpaired) electrons. The van der Waals surface area contributed by atoms with Gasteiger partial charge in [0.2, 0.25) is 5.91 Å². The fourth-order valence-electron chi connectivity index (χ4n) is 3.53. The second kappa shape index (κ2) is 7.79. The SMILES string of the molecule is CC(Sc1nnc(Cc2cccs2)n1C1CC1)C(=O)N(C)C1CCS(=O)(=O)C1. The molecule has 7 nitrogen and oxygen atoms in total. The Bertz CT molecular complexity index is 951. The molecule has 2 atom stereocenters. The lowest BCUT2D eigenvalue weighted by Gasteiger charge is -2.26. The van der Waals surface area contributed by atoms with Crippen LogP contribution < -0.4 is 0 Å². The molecule has 1 saturated heterocycles. The summed E-state index contributed by atoms with van der Waals surface area (Å²) < 4.78 is 25.6. The van der Waals surface area contributed by atoms with Crippen LogP contribution in [0.1, 0.15) is 42.9 Å². The Kier molecular flexibility index (Phi) is 5.54. The molecule has 1 amide bonds. The fourth-order valence-corrected chi connectivity index (χ4v) is 7.05. The molecular weight excluding hydrogens is 416 g/mol. The molecular formula is C18H24N4O3S3. The fraction of sp³-hybridized carbons (Fsp3) is 0.611. The lowest BCUT2D eigenvalue weighted by Crippen LogP contribution is -2.41. The van der Waals surface area contributed by atoms with Gasteiger partial charge in [0.05, 0.1) is 16.8 Å². The molecule has 0 bridgehead atoms. The third-order valence-corrected chi connectivity index (χ3v) is 8.96. The zero-order valence-electron chi connectivity index (χ0n) is 15.9. The van der Waals surface area contributed by atoms with E-state index < -0.39 is 9.84 Å². The van der Waals surface area contributed by atoms with Crippen molar-refractivity contribution in [1.82, 2.24) is 19.7 Å². The molecule has 28 heavy (non-hydrogen) atoms. The molecule has 1 saturated carbocycles. The summed E-state index contributed by atoms with van der Waals surface area (Å²) in [5.41, 5.74) is 0. The highest BCUT2D eigenvalue weighted by Crippen LogP contribution is 2.40. The monoisotopic (exact) mass is 440 g/mol. The van der Waals surface area contributed by atoms with Crippen molar-refractivity contribution in [3.63, 3.8) is 0 Å². The highest BCUT2D eigenvalue weighted by molar-refractivity contribution is 8.00. The van der Waals surface area contributed by atoms with E-state index in [0.717, 1.165) is 30.2 Å². The third-order valence-electron chi connectivity index (χ3n) is 5.29. The largest absolute Gasteiger partial charge is 0.341 e. The van der Waals surface area contributed by atoms with Crippen molar-refractivity contribution < 1.29 is 13.2 Å². The van der Waals surface area contributed by atoms with Crippen LogP contribution in [-0.4, -0.2) is 63.8 Å². The summed E-state index contributed by atoms with van der Waals surface area (Å²) in [7, 11) is -1.31. The number of thioether (sulfide) groups is 1. The van der Waals surface area contributed by atoms with Gasteiger partial charge in [0.1, 0.15) is 5.82 Å². The topological polar surface area (TPSA) is 85.2 Å². The van der Waals surface area contributed by atoms with E-state index in [4.69, 9.17) is 0 Å². The first-order valence-corrected chi connectivity index (χ1v) is 13.0. The Morgan fingerprint density at radius 1 is 1.39 bits per heavy atom. The molecule has 0 N–H and O–H groups in total. The molecule has 10 heteroatoms. The molecule has 2 fully saturated rings. The Balaban J connectivity index is 1.46. The number of hydrogen-bond donors (Lipinski definition) is 0. The predicted molar refractivity (Wildman–Crippen MR) is 111 cm³/mol. The van der Waals surface area contributed by atoms with Crippen LogP contribution in [0.3, 0.4) is 0 Å². The first-order chi connectivity index (χ1) is 13.3. The summed E-state index contributed by atoms with van der Waals surface area (Å²) in [5, 5.41) is 11.3. The quantitative estimate of drug-likeness (QED) is 0.615. The maximum absolute atomic E-state index is 12.9. The zero-order chi connectivity index (χ0) is 19.9. The number of carbonyl (C=O) groups excluding carboxylic acids is 1. The third kappa shape index (κ3) is 4.28. The van der Waals surface area contributed by atoms with Crippen LogP contribution in [0.2, 0.25) is 0 Å². The molecule has 0 aromatic carbocycles. The van der Waals surface area contributed by atoms with Gasteiger partial charge in [-0.05, 0) is 37.6 Å². The standard InChI is InChI=1S/C18H24N4O3S3/c1-12(17(23)21(2)14-7-9-28(24,25)11-14)27-18-20-19-16(22(18)13-5-6-13)10-15-4-3-8-26-15/h3-4,8,12-14H,5-7,9-11H2,1-2H3. The number of carbonyl (C=O) groups is 1. The number of hydrogen-bond acceptors (Lipinski definition) is 7. The summed E-state index contributed by atoms with van der Waals surface area (Å²) in [6.45, 7) is 1.86. The van der Waals surface area contributed by atoms with Crippen LogP contribution in [0.4, 0.5) is 0 Å². The van der Waals surface area contributed by atoms with Gasteiger partial charge >= 0.3 is 0 Å². The summed E-state index contributed by atoms with van der Waals surface area (Å²) in [5.74, 6) is 1.12. The van der Waals surface area contributed by atoms with Gasteiger partial charge in [-0.2, -0.15) is 0 Å². The minimum Gasteiger partial charge on any atom is -0.341 e. The lowest BCUT2D eigenvalue weighted by atomic mass is 10.2. The van der Waals surface area contributed by atoms with E-state index in [-0.39, 0.29) is 28.7 Å². The van der Waals surface area contributed by atoms with E-state index in [1.807, 2.05) is 13.0 Å². The Morgan fingerprint density at radius 2 is 2.18 bits per heavy atom. The van der Waals surface area contributed by atoms with Crippen molar-refractivity contribution in [2.24, 2.45) is 0 Å². The number of rotatable bonds is 7. The first-order valence-electron chi connectivity index (χ1n) is 9.44. The van der Waals surface area contributed by atoms with E-state index in [1.54, 1.807) is 23.3 Å². The Labute approximate surface area is 173 Å². The molecule has 0 spiro atoms. The number of nitrogens with zero attached hydrogens (tertiary/aromatic N) is 4. The first kappa shape index (κ1) is 19.9. The van der Waals surface area contributed by atoms with E-state index in [1.165, 1.54) is 16.6 Å². The molecule has 1 aliphatic heterocycles. The lowest BCUT2D eigenvalue weighted by molar-refractivity contribution is -0.130. The van der Waals surface area contributed by atoms with E-state index in [9.17, 15) is 13.2 Å². The van der Waals surface area contributed by atoms with Crippen LogP contribution in [0.25, 0.3) is 0 Å². The van der Waals surface area contributed by atoms with Gasteiger partial charge in [0.15, 0.2) is 15.0 Å². The molecule has 3 heterocycles. The normalized spacial score (nSPS) is 22.3. The van der Waals surface area contributed by atoms with Crippen LogP contribution in [0.15, 0.2) is 22.7 Å². The average Bonchev–Trinajstić information content (AvgIpc) is 3.03. The highest BCUT2D eigenvalue weighted by atomic mass is 32.2. The number of amides is 1. The molecule has 2 aliphatic rings. The van der Waals surface area contributed by atoms with Crippen molar-refractivity contribution >= 4 is 38.8 Å². The van der Waals surface area contributed by atoms with Crippen molar-refractivity contribution in [2.75, 3.05) is 18.6 Å². The van der Waals surface area contributed by atoms with Crippen LogP contribution in [0.5, 0.6) is 0 Å². The smallest absolute Gasteiger partial charge is 0.235 e. The molecule has 1 aliphatic carbocycles. The minimum absolute atomic E-state index is 0.0581. The Morgan fingerprint density at radius 3 is 2.79 bits per heavy atom. The van der Waals surface area contributed by atoms with Gasteiger partial charge in [-0.3, -0.25) is 4.79 Å². The average molecular weight is 441 g/mol. The maximum atomic E-state index is 12.9. The van der Waals surface area contributed by atoms with Crippen LogP contribution >= 0.6 is 23.1 Å². The van der Waals surface area contributed by atoms with Gasteiger partial charge < -0.3 is 9.47 Å². The zero-order valence-corrected chi connectivity index (χ0v) is 18.4. The highest BCUT2D eigenvalue weighted by Gasteiger charge is 2.35. The van der Waals surface area contributed by atoms with Gasteiger partial charge in [0.25, 0.3) is 0 Å². The van der Waals surface area contributed by atoms with Gasteiger partial charge in [0, 0.05) is 30.4 Å². The summed E-state index contributed by atoms with van der Waals surface area (Å²) in [6, 6.07) is 4.33. The molecule has 2 unspecified atom stereocenters. The summed E-state index contributed by atoms with van der Waals surface area (Å²) >= 11 is 3.13.